The third-order valence-electron chi connectivity index (χ3n) is 6.90. The largest absolute Gasteiger partial charge is 0.497 e. The van der Waals surface area contributed by atoms with Gasteiger partial charge in [-0.2, -0.15) is 0 Å². The van der Waals surface area contributed by atoms with E-state index in [-0.39, 0.29) is 18.6 Å². The molecule has 1 fully saturated rings. The lowest BCUT2D eigenvalue weighted by atomic mass is 9.82. The molecule has 2 aliphatic rings. The van der Waals surface area contributed by atoms with Gasteiger partial charge in [0.15, 0.2) is 11.5 Å². The molecule has 1 saturated heterocycles. The minimum absolute atomic E-state index is 0.0177. The molecule has 8 nitrogen and oxygen atoms in total. The van der Waals surface area contributed by atoms with Crippen LogP contribution in [-0.4, -0.2) is 66.9 Å². The normalized spacial score (nSPS) is 22.4. The summed E-state index contributed by atoms with van der Waals surface area (Å²) >= 11 is 0. The smallest absolute Gasteiger partial charge is 0.309 e. The summed E-state index contributed by atoms with van der Waals surface area (Å²) in [6.07, 6.45) is 0.856. The molecule has 34 heavy (non-hydrogen) atoms. The van der Waals surface area contributed by atoms with Crippen molar-refractivity contribution in [1.82, 2.24) is 9.80 Å². The zero-order valence-corrected chi connectivity index (χ0v) is 20.1. The summed E-state index contributed by atoms with van der Waals surface area (Å²) in [7, 11) is 3.39. The topological polar surface area (TPSA) is 88.5 Å². The average Bonchev–Trinajstić information content (AvgIpc) is 3.47. The van der Waals surface area contributed by atoms with Crippen LogP contribution in [0.4, 0.5) is 0 Å². The summed E-state index contributed by atoms with van der Waals surface area (Å²) in [6, 6.07) is 12.1. The van der Waals surface area contributed by atoms with Crippen molar-refractivity contribution in [2.75, 3.05) is 34.0 Å². The van der Waals surface area contributed by atoms with Crippen molar-refractivity contribution < 1.29 is 28.9 Å². The van der Waals surface area contributed by atoms with Crippen molar-refractivity contribution in [2.24, 2.45) is 5.92 Å². The Hall–Kier alpha value is -3.26. The molecule has 4 rings (SSSR count). The van der Waals surface area contributed by atoms with E-state index in [4.69, 9.17) is 14.2 Å². The minimum Gasteiger partial charge on any atom is -0.497 e. The first-order chi connectivity index (χ1) is 16.3. The van der Waals surface area contributed by atoms with E-state index in [1.165, 1.54) is 0 Å². The molecule has 2 aromatic rings. The molecular weight excluding hydrogens is 436 g/mol. The van der Waals surface area contributed by atoms with Crippen LogP contribution in [0.5, 0.6) is 17.2 Å². The fraction of sp³-hybridized carbons (Fsp3) is 0.462. The standard InChI is InChI=1S/C26H32N2O6/c1-5-12-27(3)25(29)16(2)28-14-20(18-8-11-21-22(13-18)34-15-33-21)23(26(30)31)24(28)17-6-9-19(32-4)10-7-17/h6-11,13,16,20,23-24H,5,12,14-15H2,1-4H3,(H,30,31)/t16?,20-,23+,24-/m1/s1. The van der Waals surface area contributed by atoms with Gasteiger partial charge < -0.3 is 24.2 Å². The number of benzene rings is 2. The van der Waals surface area contributed by atoms with Gasteiger partial charge in [-0.15, -0.1) is 0 Å². The molecule has 2 aliphatic heterocycles. The highest BCUT2D eigenvalue weighted by Gasteiger charge is 2.50. The van der Waals surface area contributed by atoms with E-state index in [1.807, 2.05) is 61.2 Å². The van der Waals surface area contributed by atoms with Gasteiger partial charge in [0.1, 0.15) is 5.75 Å². The molecule has 4 atom stereocenters. The molecule has 2 aromatic carbocycles. The number of carbonyl (C=O) groups excluding carboxylic acids is 1. The Bertz CT molecular complexity index is 1040. The van der Waals surface area contributed by atoms with E-state index in [9.17, 15) is 14.7 Å². The number of carboxylic acids is 1. The Morgan fingerprint density at radius 1 is 1.15 bits per heavy atom. The minimum atomic E-state index is -0.896. The Kier molecular flexibility index (Phi) is 6.97. The predicted octanol–water partition coefficient (Wildman–Crippen LogP) is 3.52. The SMILES string of the molecule is CCCN(C)C(=O)C(C)N1C[C@H](c2ccc3c(c2)OCO3)[C@H](C(=O)O)[C@H]1c1ccc(OC)cc1. The Morgan fingerprint density at radius 2 is 1.82 bits per heavy atom. The van der Waals surface area contributed by atoms with E-state index in [1.54, 1.807) is 19.1 Å². The highest BCUT2D eigenvalue weighted by Crippen LogP contribution is 2.48. The van der Waals surface area contributed by atoms with Crippen molar-refractivity contribution in [2.45, 2.75) is 38.3 Å². The molecule has 1 unspecified atom stereocenters. The van der Waals surface area contributed by atoms with E-state index < -0.39 is 24.0 Å². The predicted molar refractivity (Wildman–Crippen MR) is 126 cm³/mol. The lowest BCUT2D eigenvalue weighted by molar-refractivity contribution is -0.144. The fourth-order valence-corrected chi connectivity index (χ4v) is 5.15. The Morgan fingerprint density at radius 3 is 2.47 bits per heavy atom. The average molecular weight is 469 g/mol. The maximum atomic E-state index is 13.3. The van der Waals surface area contributed by atoms with Crippen LogP contribution in [0.15, 0.2) is 42.5 Å². The molecule has 2 heterocycles. The first kappa shape index (κ1) is 23.9. The van der Waals surface area contributed by atoms with Gasteiger partial charge in [-0.1, -0.05) is 25.1 Å². The lowest BCUT2D eigenvalue weighted by Crippen LogP contribution is -2.46. The fourth-order valence-electron chi connectivity index (χ4n) is 5.15. The molecule has 182 valence electrons. The molecular formula is C26H32N2O6. The second kappa shape index (κ2) is 9.93. The molecule has 1 amide bonds. The second-order valence-electron chi connectivity index (χ2n) is 8.93. The van der Waals surface area contributed by atoms with Crippen LogP contribution in [0.25, 0.3) is 0 Å². The molecule has 0 saturated carbocycles. The van der Waals surface area contributed by atoms with Crippen LogP contribution >= 0.6 is 0 Å². The van der Waals surface area contributed by atoms with Crippen LogP contribution in [0.3, 0.4) is 0 Å². The van der Waals surface area contributed by atoms with Gasteiger partial charge in [-0.25, -0.2) is 0 Å². The number of likely N-dealkylation sites (N-methyl/N-ethyl adjacent to an activating group) is 1. The maximum Gasteiger partial charge on any atom is 0.309 e. The number of carboxylic acid groups (broad SMARTS) is 1. The summed E-state index contributed by atoms with van der Waals surface area (Å²) in [5.74, 6) is -0.0242. The highest BCUT2D eigenvalue weighted by molar-refractivity contribution is 5.82. The van der Waals surface area contributed by atoms with Gasteiger partial charge in [0, 0.05) is 32.1 Å². The number of hydrogen-bond donors (Lipinski definition) is 1. The summed E-state index contributed by atoms with van der Waals surface area (Å²) in [4.78, 5) is 29.7. The summed E-state index contributed by atoms with van der Waals surface area (Å²) in [5, 5.41) is 10.4. The van der Waals surface area contributed by atoms with Crippen molar-refractivity contribution in [3.8, 4) is 17.2 Å². The molecule has 0 spiro atoms. The quantitative estimate of drug-likeness (QED) is 0.634. The summed E-state index contributed by atoms with van der Waals surface area (Å²) < 4.78 is 16.3. The molecule has 1 N–H and O–H groups in total. The third kappa shape index (κ3) is 4.42. The first-order valence-corrected chi connectivity index (χ1v) is 11.6. The molecule has 0 radical (unpaired) electrons. The number of carbonyl (C=O) groups is 2. The summed E-state index contributed by atoms with van der Waals surface area (Å²) in [5.41, 5.74) is 1.70. The lowest BCUT2D eigenvalue weighted by Gasteiger charge is -2.33. The summed E-state index contributed by atoms with van der Waals surface area (Å²) in [6.45, 7) is 5.13. The maximum absolute atomic E-state index is 13.3. The molecule has 0 bridgehead atoms. The molecule has 0 aliphatic carbocycles. The van der Waals surface area contributed by atoms with E-state index in [0.717, 1.165) is 17.5 Å². The number of methoxy groups -OCH3 is 1. The molecule has 8 heteroatoms. The zero-order chi connectivity index (χ0) is 24.4. The number of rotatable bonds is 8. The van der Waals surface area contributed by atoms with Crippen LogP contribution in [-0.2, 0) is 9.59 Å². The molecule has 0 aromatic heterocycles. The van der Waals surface area contributed by atoms with Gasteiger partial charge in [-0.3, -0.25) is 14.5 Å². The Labute approximate surface area is 200 Å². The van der Waals surface area contributed by atoms with Gasteiger partial charge in [-0.05, 0) is 48.7 Å². The number of amides is 1. The Balaban J connectivity index is 1.75. The first-order valence-electron chi connectivity index (χ1n) is 11.6. The van der Waals surface area contributed by atoms with E-state index >= 15 is 0 Å². The van der Waals surface area contributed by atoms with Crippen LogP contribution in [0.2, 0.25) is 0 Å². The number of likely N-dealkylation sites (tertiary alicyclic amines) is 1. The van der Waals surface area contributed by atoms with Crippen LogP contribution in [0, 0.1) is 5.92 Å². The van der Waals surface area contributed by atoms with Crippen molar-refractivity contribution >= 4 is 11.9 Å². The van der Waals surface area contributed by atoms with Gasteiger partial charge in [0.05, 0.1) is 19.1 Å². The second-order valence-corrected chi connectivity index (χ2v) is 8.93. The van der Waals surface area contributed by atoms with Crippen molar-refractivity contribution in [3.63, 3.8) is 0 Å². The van der Waals surface area contributed by atoms with Crippen molar-refractivity contribution in [3.05, 3.63) is 53.6 Å². The van der Waals surface area contributed by atoms with Crippen molar-refractivity contribution in [1.29, 1.82) is 0 Å². The van der Waals surface area contributed by atoms with Gasteiger partial charge >= 0.3 is 5.97 Å². The number of hydrogen-bond acceptors (Lipinski definition) is 6. The van der Waals surface area contributed by atoms with Crippen LogP contribution < -0.4 is 14.2 Å². The van der Waals surface area contributed by atoms with Gasteiger partial charge in [0.25, 0.3) is 0 Å². The zero-order valence-electron chi connectivity index (χ0n) is 20.1. The van der Waals surface area contributed by atoms with Crippen LogP contribution in [0.1, 0.15) is 43.4 Å². The number of aliphatic carboxylic acids is 1. The highest BCUT2D eigenvalue weighted by atomic mass is 16.7. The van der Waals surface area contributed by atoms with E-state index in [0.29, 0.717) is 30.3 Å². The van der Waals surface area contributed by atoms with Gasteiger partial charge in [0.2, 0.25) is 12.7 Å². The number of nitrogens with zero attached hydrogens (tertiary/aromatic N) is 2. The monoisotopic (exact) mass is 468 g/mol. The number of ether oxygens (including phenoxy) is 3. The number of fused-ring (bicyclic) bond motifs is 1. The van der Waals surface area contributed by atoms with E-state index in [2.05, 4.69) is 0 Å². The third-order valence-corrected chi connectivity index (χ3v) is 6.90.